The summed E-state index contributed by atoms with van der Waals surface area (Å²) >= 11 is 0. The van der Waals surface area contributed by atoms with E-state index in [1.54, 1.807) is 6.20 Å². The second-order valence-electron chi connectivity index (χ2n) is 9.26. The Balaban J connectivity index is 1.47. The van der Waals surface area contributed by atoms with E-state index >= 15 is 0 Å². The summed E-state index contributed by atoms with van der Waals surface area (Å²) < 4.78 is 13.5. The molecule has 1 saturated carbocycles. The van der Waals surface area contributed by atoms with Gasteiger partial charge in [0.15, 0.2) is 5.82 Å². The van der Waals surface area contributed by atoms with Crippen LogP contribution in [0, 0.1) is 0 Å². The van der Waals surface area contributed by atoms with Gasteiger partial charge in [0.05, 0.1) is 11.8 Å². The van der Waals surface area contributed by atoms with Gasteiger partial charge in [-0.3, -0.25) is 4.57 Å². The summed E-state index contributed by atoms with van der Waals surface area (Å²) in [4.78, 5) is 4.52. The molecular formula is C20H32N6O2Si. The molecule has 1 saturated heterocycles. The van der Waals surface area contributed by atoms with E-state index in [9.17, 15) is 0 Å². The van der Waals surface area contributed by atoms with E-state index in [1.807, 2.05) is 6.07 Å². The zero-order chi connectivity index (χ0) is 20.4. The van der Waals surface area contributed by atoms with Crippen molar-refractivity contribution >= 4 is 19.6 Å². The van der Waals surface area contributed by atoms with Crippen LogP contribution >= 0.6 is 0 Å². The van der Waals surface area contributed by atoms with Crippen LogP contribution in [0.2, 0.25) is 25.7 Å². The summed E-state index contributed by atoms with van der Waals surface area (Å²) in [6.45, 7) is 9.88. The van der Waals surface area contributed by atoms with Crippen LogP contribution in [0.25, 0.3) is 11.4 Å². The zero-order valence-corrected chi connectivity index (χ0v) is 18.6. The number of hydrogen-bond acceptors (Lipinski definition) is 7. The summed E-state index contributed by atoms with van der Waals surface area (Å²) in [5.41, 5.74) is 7.72. The molecule has 0 bridgehead atoms. The summed E-state index contributed by atoms with van der Waals surface area (Å²) in [7, 11) is -1.12. The van der Waals surface area contributed by atoms with Crippen molar-refractivity contribution in [3.05, 3.63) is 18.1 Å². The normalized spacial score (nSPS) is 19.2. The molecule has 1 atom stereocenters. The highest BCUT2D eigenvalue weighted by molar-refractivity contribution is 6.76. The SMILES string of the molecule is C[Si](C)(C)CCOCn1c(-c2cnc(NCC3CCO3)c(N)c2)nnc1C1CC1. The maximum atomic E-state index is 6.25. The molecule has 1 aliphatic carbocycles. The maximum Gasteiger partial charge on any atom is 0.167 e. The van der Waals surface area contributed by atoms with Gasteiger partial charge in [-0.05, 0) is 31.4 Å². The first-order valence-electron chi connectivity index (χ1n) is 10.5. The number of hydrogen-bond donors (Lipinski definition) is 2. The van der Waals surface area contributed by atoms with Crippen LogP contribution in [0.1, 0.15) is 31.0 Å². The molecule has 2 aromatic rings. The van der Waals surface area contributed by atoms with Gasteiger partial charge in [-0.25, -0.2) is 4.98 Å². The Bertz CT molecular complexity index is 842. The van der Waals surface area contributed by atoms with Gasteiger partial charge in [0.25, 0.3) is 0 Å². The molecule has 158 valence electrons. The van der Waals surface area contributed by atoms with Crippen molar-refractivity contribution in [1.82, 2.24) is 19.7 Å². The fourth-order valence-electron chi connectivity index (χ4n) is 3.24. The van der Waals surface area contributed by atoms with Crippen LogP contribution in [0.4, 0.5) is 11.5 Å². The lowest BCUT2D eigenvalue weighted by molar-refractivity contribution is -0.0410. The lowest BCUT2D eigenvalue weighted by Crippen LogP contribution is -2.33. The van der Waals surface area contributed by atoms with Crippen molar-refractivity contribution < 1.29 is 9.47 Å². The van der Waals surface area contributed by atoms with Gasteiger partial charge in [0.2, 0.25) is 0 Å². The minimum atomic E-state index is -1.12. The van der Waals surface area contributed by atoms with Gasteiger partial charge in [0.1, 0.15) is 18.4 Å². The number of nitrogens with zero attached hydrogens (tertiary/aromatic N) is 4. The number of ether oxygens (including phenoxy) is 2. The molecule has 0 amide bonds. The summed E-state index contributed by atoms with van der Waals surface area (Å²) in [6, 6.07) is 3.05. The Hall–Kier alpha value is -1.97. The molecule has 3 N–H and O–H groups in total. The molecule has 8 nitrogen and oxygen atoms in total. The topological polar surface area (TPSA) is 100 Å². The molecule has 1 aliphatic heterocycles. The minimum Gasteiger partial charge on any atom is -0.396 e. The fraction of sp³-hybridized carbons (Fsp3) is 0.650. The Morgan fingerprint density at radius 1 is 1.28 bits per heavy atom. The Morgan fingerprint density at radius 2 is 2.07 bits per heavy atom. The van der Waals surface area contributed by atoms with Crippen molar-refractivity contribution in [2.24, 2.45) is 0 Å². The number of nitrogen functional groups attached to an aromatic ring is 1. The van der Waals surface area contributed by atoms with Crippen molar-refractivity contribution in [2.45, 2.75) is 63.7 Å². The van der Waals surface area contributed by atoms with Crippen LogP contribution in [-0.2, 0) is 16.2 Å². The number of nitrogens with one attached hydrogen (secondary N) is 1. The Labute approximate surface area is 173 Å². The van der Waals surface area contributed by atoms with Crippen molar-refractivity contribution in [3.63, 3.8) is 0 Å². The molecule has 0 aromatic carbocycles. The number of pyridine rings is 1. The number of aromatic nitrogens is 4. The smallest absolute Gasteiger partial charge is 0.167 e. The van der Waals surface area contributed by atoms with Crippen LogP contribution in [0.5, 0.6) is 0 Å². The number of nitrogens with two attached hydrogens (primary N) is 1. The van der Waals surface area contributed by atoms with Gasteiger partial charge < -0.3 is 20.5 Å². The summed E-state index contributed by atoms with van der Waals surface area (Å²) in [5.74, 6) is 2.96. The molecule has 29 heavy (non-hydrogen) atoms. The molecule has 0 radical (unpaired) electrons. The largest absolute Gasteiger partial charge is 0.396 e. The first-order valence-corrected chi connectivity index (χ1v) is 14.2. The molecule has 4 rings (SSSR count). The van der Waals surface area contributed by atoms with Gasteiger partial charge in [0, 0.05) is 45.5 Å². The van der Waals surface area contributed by atoms with Crippen LogP contribution in [0.15, 0.2) is 12.3 Å². The highest BCUT2D eigenvalue weighted by atomic mass is 28.3. The molecular weight excluding hydrogens is 384 g/mol. The number of rotatable bonds is 10. The van der Waals surface area contributed by atoms with Crippen LogP contribution in [0.3, 0.4) is 0 Å². The van der Waals surface area contributed by atoms with Gasteiger partial charge >= 0.3 is 0 Å². The van der Waals surface area contributed by atoms with Gasteiger partial charge in [-0.2, -0.15) is 0 Å². The molecule has 2 aromatic heterocycles. The molecule has 3 heterocycles. The number of anilines is 2. The highest BCUT2D eigenvalue weighted by Gasteiger charge is 2.31. The van der Waals surface area contributed by atoms with E-state index in [1.165, 1.54) is 12.8 Å². The van der Waals surface area contributed by atoms with E-state index in [0.717, 1.165) is 49.4 Å². The van der Waals surface area contributed by atoms with E-state index in [4.69, 9.17) is 15.2 Å². The van der Waals surface area contributed by atoms with Crippen LogP contribution < -0.4 is 11.1 Å². The average Bonchev–Trinajstić information content (AvgIpc) is 3.38. The molecule has 1 unspecified atom stereocenters. The average molecular weight is 417 g/mol. The molecule has 9 heteroatoms. The van der Waals surface area contributed by atoms with Crippen LogP contribution in [-0.4, -0.2) is 53.7 Å². The minimum absolute atomic E-state index is 0.258. The third-order valence-corrected chi connectivity index (χ3v) is 7.11. The second kappa shape index (κ2) is 8.41. The van der Waals surface area contributed by atoms with E-state index < -0.39 is 8.07 Å². The quantitative estimate of drug-likeness (QED) is 0.453. The summed E-state index contributed by atoms with van der Waals surface area (Å²) in [5, 5.41) is 12.2. The van der Waals surface area contributed by atoms with Crippen molar-refractivity contribution in [2.75, 3.05) is 30.8 Å². The Kier molecular flexibility index (Phi) is 5.89. The zero-order valence-electron chi connectivity index (χ0n) is 17.6. The lowest BCUT2D eigenvalue weighted by atomic mass is 10.2. The second-order valence-corrected chi connectivity index (χ2v) is 14.9. The van der Waals surface area contributed by atoms with Gasteiger partial charge in [-0.1, -0.05) is 19.6 Å². The van der Waals surface area contributed by atoms with Crippen molar-refractivity contribution in [1.29, 1.82) is 0 Å². The highest BCUT2D eigenvalue weighted by Crippen LogP contribution is 2.40. The standard InChI is InChI=1S/C20H32N6O2Si/c1-29(2,3)9-8-27-13-26-19(14-4-5-14)24-25-20(26)15-10-17(21)18(22-11-15)23-12-16-6-7-28-16/h10-11,14,16H,4-9,12-13,21H2,1-3H3,(H,22,23). The van der Waals surface area contributed by atoms with E-state index in [0.29, 0.717) is 24.2 Å². The van der Waals surface area contributed by atoms with E-state index in [2.05, 4.69) is 44.7 Å². The molecule has 2 aliphatic rings. The fourth-order valence-corrected chi connectivity index (χ4v) is 4.00. The first-order chi connectivity index (χ1) is 13.9. The predicted molar refractivity (Wildman–Crippen MR) is 117 cm³/mol. The summed E-state index contributed by atoms with van der Waals surface area (Å²) in [6.07, 6.45) is 5.47. The van der Waals surface area contributed by atoms with E-state index in [-0.39, 0.29) is 6.10 Å². The molecule has 2 fully saturated rings. The predicted octanol–water partition coefficient (Wildman–Crippen LogP) is 3.31. The van der Waals surface area contributed by atoms with Crippen molar-refractivity contribution in [3.8, 4) is 11.4 Å². The first kappa shape index (κ1) is 20.3. The monoisotopic (exact) mass is 416 g/mol. The third-order valence-electron chi connectivity index (χ3n) is 5.40. The Morgan fingerprint density at radius 3 is 2.69 bits per heavy atom. The molecule has 0 spiro atoms. The third kappa shape index (κ3) is 5.15. The lowest BCUT2D eigenvalue weighted by Gasteiger charge is -2.26. The van der Waals surface area contributed by atoms with Gasteiger partial charge in [-0.15, -0.1) is 10.2 Å². The maximum absolute atomic E-state index is 6.25.